The van der Waals surface area contributed by atoms with Crippen LogP contribution in [0.2, 0.25) is 0 Å². The van der Waals surface area contributed by atoms with E-state index in [9.17, 15) is 25.3 Å². The summed E-state index contributed by atoms with van der Waals surface area (Å²) in [4.78, 5) is 23.6. The fraction of sp³-hybridized carbons (Fsp3) is 0. The molecule has 0 fully saturated rings. The fourth-order valence-corrected chi connectivity index (χ4v) is 1.50. The van der Waals surface area contributed by atoms with Crippen molar-refractivity contribution in [2.24, 2.45) is 0 Å². The molecule has 0 aliphatic carbocycles. The van der Waals surface area contributed by atoms with Gasteiger partial charge in [-0.25, -0.2) is 4.98 Å². The molecule has 0 unspecified atom stereocenters. The lowest BCUT2D eigenvalue weighted by Crippen LogP contribution is -1.91. The second-order valence-corrected chi connectivity index (χ2v) is 3.62. The van der Waals surface area contributed by atoms with Gasteiger partial charge in [0.15, 0.2) is 0 Å². The van der Waals surface area contributed by atoms with Crippen LogP contribution in [0.3, 0.4) is 0 Å². The van der Waals surface area contributed by atoms with Crippen LogP contribution in [0, 0.1) is 20.2 Å². The van der Waals surface area contributed by atoms with Crippen LogP contribution in [0.1, 0.15) is 0 Å². The van der Waals surface area contributed by atoms with Crippen LogP contribution >= 0.6 is 0 Å². The van der Waals surface area contributed by atoms with E-state index in [0.717, 1.165) is 12.3 Å². The molecule has 1 aromatic carbocycles. The minimum absolute atomic E-state index is 0.176. The third-order valence-corrected chi connectivity index (χ3v) is 2.43. The predicted molar refractivity (Wildman–Crippen MR) is 64.6 cm³/mol. The summed E-state index contributed by atoms with van der Waals surface area (Å²) in [7, 11) is 0. The summed E-state index contributed by atoms with van der Waals surface area (Å²) in [6, 6.07) is 6.15. The first-order valence-electron chi connectivity index (χ1n) is 5.07. The van der Waals surface area contributed by atoms with Gasteiger partial charge in [0, 0.05) is 17.7 Å². The first-order valence-corrected chi connectivity index (χ1v) is 5.07. The molecule has 2 rings (SSSR count). The Hall–Kier alpha value is -3.03. The Morgan fingerprint density at radius 1 is 1.00 bits per heavy atom. The van der Waals surface area contributed by atoms with Crippen molar-refractivity contribution in [3.05, 3.63) is 56.8 Å². The molecule has 0 radical (unpaired) electrons. The summed E-state index contributed by atoms with van der Waals surface area (Å²) in [6.07, 6.45) is 1.05. The summed E-state index contributed by atoms with van der Waals surface area (Å²) < 4.78 is 0. The van der Waals surface area contributed by atoms with Gasteiger partial charge in [0.05, 0.1) is 21.6 Å². The minimum Gasteiger partial charge on any atom is -0.507 e. The molecule has 8 heteroatoms. The van der Waals surface area contributed by atoms with Crippen LogP contribution < -0.4 is 0 Å². The second kappa shape index (κ2) is 4.69. The van der Waals surface area contributed by atoms with Crippen molar-refractivity contribution in [1.29, 1.82) is 0 Å². The SMILES string of the molecule is O=[N+]([O-])c1ccc(-c2ccc([N+](=O)[O-])cc2O)nc1. The third-order valence-electron chi connectivity index (χ3n) is 2.43. The molecular formula is C11H7N3O5. The maximum atomic E-state index is 10.5. The van der Waals surface area contributed by atoms with Crippen LogP contribution in [0.4, 0.5) is 11.4 Å². The van der Waals surface area contributed by atoms with Gasteiger partial charge in [-0.2, -0.15) is 0 Å². The number of phenolic OH excluding ortho intramolecular Hbond substituents is 1. The molecule has 0 aliphatic rings. The van der Waals surface area contributed by atoms with Gasteiger partial charge in [-0.15, -0.1) is 0 Å². The molecule has 0 spiro atoms. The Labute approximate surface area is 106 Å². The molecule has 1 N–H and O–H groups in total. The van der Waals surface area contributed by atoms with Crippen molar-refractivity contribution < 1.29 is 15.0 Å². The van der Waals surface area contributed by atoms with Gasteiger partial charge in [0.1, 0.15) is 11.9 Å². The Bertz CT molecular complexity index is 654. The molecule has 2 aromatic rings. The molecule has 0 atom stereocenters. The molecule has 1 heterocycles. The van der Waals surface area contributed by atoms with Gasteiger partial charge in [-0.05, 0) is 12.1 Å². The van der Waals surface area contributed by atoms with Gasteiger partial charge in [-0.1, -0.05) is 0 Å². The van der Waals surface area contributed by atoms with Crippen LogP contribution in [0.25, 0.3) is 11.3 Å². The predicted octanol–water partition coefficient (Wildman–Crippen LogP) is 2.27. The van der Waals surface area contributed by atoms with Crippen molar-refractivity contribution in [3.8, 4) is 17.0 Å². The summed E-state index contributed by atoms with van der Waals surface area (Å²) in [6.45, 7) is 0. The van der Waals surface area contributed by atoms with Gasteiger partial charge in [0.2, 0.25) is 0 Å². The van der Waals surface area contributed by atoms with E-state index < -0.39 is 9.85 Å². The average molecular weight is 261 g/mol. The van der Waals surface area contributed by atoms with Crippen LogP contribution in [-0.4, -0.2) is 19.9 Å². The number of phenols is 1. The highest BCUT2D eigenvalue weighted by molar-refractivity contribution is 5.69. The first kappa shape index (κ1) is 12.4. The molecule has 0 saturated carbocycles. The highest BCUT2D eigenvalue weighted by Gasteiger charge is 2.13. The molecule has 0 aliphatic heterocycles. The van der Waals surface area contributed by atoms with E-state index in [4.69, 9.17) is 0 Å². The Balaban J connectivity index is 2.41. The van der Waals surface area contributed by atoms with E-state index in [0.29, 0.717) is 0 Å². The van der Waals surface area contributed by atoms with Crippen molar-refractivity contribution in [3.63, 3.8) is 0 Å². The number of hydrogen-bond donors (Lipinski definition) is 1. The zero-order valence-electron chi connectivity index (χ0n) is 9.39. The molecule has 8 nitrogen and oxygen atoms in total. The van der Waals surface area contributed by atoms with Gasteiger partial charge < -0.3 is 5.11 Å². The number of rotatable bonds is 3. The van der Waals surface area contributed by atoms with E-state index in [1.54, 1.807) is 0 Å². The van der Waals surface area contributed by atoms with E-state index in [1.165, 1.54) is 24.3 Å². The smallest absolute Gasteiger partial charge is 0.287 e. The number of benzene rings is 1. The molecule has 96 valence electrons. The molecule has 0 bridgehead atoms. The lowest BCUT2D eigenvalue weighted by atomic mass is 10.1. The highest BCUT2D eigenvalue weighted by Crippen LogP contribution is 2.31. The van der Waals surface area contributed by atoms with Gasteiger partial charge in [-0.3, -0.25) is 20.2 Å². The molecule has 0 amide bonds. The van der Waals surface area contributed by atoms with E-state index >= 15 is 0 Å². The minimum atomic E-state index is -0.632. The summed E-state index contributed by atoms with van der Waals surface area (Å²) in [5.41, 5.74) is 0.131. The monoisotopic (exact) mass is 261 g/mol. The van der Waals surface area contributed by atoms with Crippen LogP contribution in [0.15, 0.2) is 36.5 Å². The average Bonchev–Trinajstić information content (AvgIpc) is 2.38. The first-order chi connectivity index (χ1) is 8.99. The maximum Gasteiger partial charge on any atom is 0.287 e. The van der Waals surface area contributed by atoms with Gasteiger partial charge >= 0.3 is 0 Å². The molecule has 19 heavy (non-hydrogen) atoms. The zero-order chi connectivity index (χ0) is 14.0. The maximum absolute atomic E-state index is 10.5. The summed E-state index contributed by atoms with van der Waals surface area (Å²) in [5.74, 6) is -0.310. The summed E-state index contributed by atoms with van der Waals surface area (Å²) in [5, 5.41) is 30.7. The molecule has 0 saturated heterocycles. The van der Waals surface area contributed by atoms with Crippen molar-refractivity contribution in [1.82, 2.24) is 4.98 Å². The number of aromatic nitrogens is 1. The Kier molecular flexibility index (Phi) is 3.06. The number of nitrogens with zero attached hydrogens (tertiary/aromatic N) is 3. The molecular weight excluding hydrogens is 254 g/mol. The number of aromatic hydroxyl groups is 1. The normalized spacial score (nSPS) is 10.1. The lowest BCUT2D eigenvalue weighted by molar-refractivity contribution is -0.385. The van der Waals surface area contributed by atoms with Crippen molar-refractivity contribution in [2.75, 3.05) is 0 Å². The standard InChI is InChI=1S/C11H7N3O5/c15-11-5-7(13(16)17)1-3-9(11)10-4-2-8(6-12-10)14(18)19/h1-6,15H. The molecule has 1 aromatic heterocycles. The van der Waals surface area contributed by atoms with Crippen molar-refractivity contribution in [2.45, 2.75) is 0 Å². The Morgan fingerprint density at radius 2 is 1.63 bits per heavy atom. The van der Waals surface area contributed by atoms with E-state index in [-0.39, 0.29) is 28.4 Å². The van der Waals surface area contributed by atoms with E-state index in [2.05, 4.69) is 4.98 Å². The van der Waals surface area contributed by atoms with Crippen LogP contribution in [-0.2, 0) is 0 Å². The number of nitro benzene ring substituents is 1. The van der Waals surface area contributed by atoms with E-state index in [1.807, 2.05) is 0 Å². The van der Waals surface area contributed by atoms with Gasteiger partial charge in [0.25, 0.3) is 11.4 Å². The number of pyridine rings is 1. The zero-order valence-corrected chi connectivity index (χ0v) is 9.39. The largest absolute Gasteiger partial charge is 0.507 e. The quantitative estimate of drug-likeness (QED) is 0.668. The number of hydrogen-bond acceptors (Lipinski definition) is 6. The lowest BCUT2D eigenvalue weighted by Gasteiger charge is -2.03. The summed E-state index contributed by atoms with van der Waals surface area (Å²) >= 11 is 0. The Morgan fingerprint density at radius 3 is 2.11 bits per heavy atom. The highest BCUT2D eigenvalue weighted by atomic mass is 16.6. The topological polar surface area (TPSA) is 119 Å². The second-order valence-electron chi connectivity index (χ2n) is 3.62. The number of nitro groups is 2. The number of non-ortho nitro benzene ring substituents is 1. The van der Waals surface area contributed by atoms with Crippen molar-refractivity contribution >= 4 is 11.4 Å². The third kappa shape index (κ3) is 2.46. The van der Waals surface area contributed by atoms with Crippen LogP contribution in [0.5, 0.6) is 5.75 Å². The fourth-order valence-electron chi connectivity index (χ4n) is 1.50.